The van der Waals surface area contributed by atoms with E-state index in [9.17, 15) is 0 Å². The molecule has 2 aliphatic heterocycles. The van der Waals surface area contributed by atoms with Crippen LogP contribution in [0.2, 0.25) is 0 Å². The Labute approximate surface area is 220 Å². The lowest BCUT2D eigenvalue weighted by Crippen LogP contribution is -2.57. The van der Waals surface area contributed by atoms with Gasteiger partial charge in [-0.05, 0) is 64.7 Å². The minimum absolute atomic E-state index is 0.367. The summed E-state index contributed by atoms with van der Waals surface area (Å²) in [4.78, 5) is 11.7. The normalized spacial score (nSPS) is 27.2. The Balaban J connectivity index is 1.18. The predicted octanol–water partition coefficient (Wildman–Crippen LogP) is 3.61. The smallest absolute Gasteiger partial charge is 0.156 e. The fourth-order valence-corrected chi connectivity index (χ4v) is 7.11. The Bertz CT molecular complexity index is 1170. The van der Waals surface area contributed by atoms with E-state index in [0.29, 0.717) is 28.2 Å². The fourth-order valence-electron chi connectivity index (χ4n) is 7.11. The Morgan fingerprint density at radius 3 is 2.46 bits per heavy atom. The van der Waals surface area contributed by atoms with Gasteiger partial charge in [-0.1, -0.05) is 0 Å². The summed E-state index contributed by atoms with van der Waals surface area (Å²) in [5.74, 6) is 2.32. The lowest BCUT2D eigenvalue weighted by atomic mass is 9.57. The molecule has 2 aromatic heterocycles. The summed E-state index contributed by atoms with van der Waals surface area (Å²) in [6, 6.07) is 0. The molecule has 3 saturated carbocycles. The van der Waals surface area contributed by atoms with Gasteiger partial charge in [0.15, 0.2) is 5.82 Å². The van der Waals surface area contributed by atoms with Crippen LogP contribution < -0.4 is 15.5 Å². The van der Waals surface area contributed by atoms with Gasteiger partial charge < -0.3 is 25.7 Å². The molecular weight excluding hydrogens is 464 g/mol. The Hall–Kier alpha value is -2.52. The molecule has 200 valence electrons. The molecule has 0 spiro atoms. The second-order valence-corrected chi connectivity index (χ2v) is 12.1. The van der Waals surface area contributed by atoms with Crippen LogP contribution in [0, 0.1) is 30.6 Å². The summed E-state index contributed by atoms with van der Waals surface area (Å²) < 4.78 is 7.75. The van der Waals surface area contributed by atoms with Gasteiger partial charge in [0.1, 0.15) is 17.2 Å². The summed E-state index contributed by atoms with van der Waals surface area (Å²) in [5.41, 5.74) is 6.64. The highest BCUT2D eigenvalue weighted by Gasteiger charge is 2.49. The van der Waals surface area contributed by atoms with Crippen LogP contribution in [0.25, 0.3) is 0 Å². The van der Waals surface area contributed by atoms with E-state index in [4.69, 9.17) is 20.2 Å². The first-order chi connectivity index (χ1) is 17.8. The molecule has 0 atom stereocenters. The van der Waals surface area contributed by atoms with Crippen LogP contribution in [0.15, 0.2) is 0 Å². The maximum atomic E-state index is 8.20. The van der Waals surface area contributed by atoms with Gasteiger partial charge in [0.05, 0.1) is 24.6 Å². The van der Waals surface area contributed by atoms with Crippen LogP contribution in [0.5, 0.6) is 0 Å². The second kappa shape index (κ2) is 9.34. The van der Waals surface area contributed by atoms with E-state index in [-0.39, 0.29) is 0 Å². The van der Waals surface area contributed by atoms with Crippen LogP contribution in [-0.2, 0) is 24.2 Å². The molecule has 4 heterocycles. The molecule has 0 aromatic carbocycles. The van der Waals surface area contributed by atoms with Crippen molar-refractivity contribution in [3.05, 3.63) is 28.5 Å². The van der Waals surface area contributed by atoms with Crippen molar-refractivity contribution in [1.82, 2.24) is 25.1 Å². The maximum Gasteiger partial charge on any atom is 0.156 e. The molecule has 0 radical (unpaired) electrons. The van der Waals surface area contributed by atoms with E-state index >= 15 is 0 Å². The topological polar surface area (TPSA) is 104 Å². The number of fused-ring (bicyclic) bond motifs is 4. The monoisotopic (exact) mass is 506 g/mol. The van der Waals surface area contributed by atoms with Gasteiger partial charge in [0, 0.05) is 62.4 Å². The summed E-state index contributed by atoms with van der Waals surface area (Å²) in [7, 11) is 1.89. The van der Waals surface area contributed by atoms with Gasteiger partial charge in [-0.3, -0.25) is 4.68 Å². The first-order valence-corrected chi connectivity index (χ1v) is 14.1. The summed E-state index contributed by atoms with van der Waals surface area (Å²) >= 11 is 0. The molecule has 9 nitrogen and oxygen atoms in total. The first-order valence-electron chi connectivity index (χ1n) is 14.1. The lowest BCUT2D eigenvalue weighted by Gasteiger charge is -2.54. The number of hydrogen-bond acceptors (Lipinski definition) is 8. The number of aromatic nitrogens is 4. The highest BCUT2D eigenvalue weighted by molar-refractivity contribution is 6.01. The van der Waals surface area contributed by atoms with E-state index in [1.165, 1.54) is 49.8 Å². The molecule has 4 fully saturated rings. The van der Waals surface area contributed by atoms with Crippen molar-refractivity contribution >= 4 is 17.2 Å². The van der Waals surface area contributed by atoms with Gasteiger partial charge in [0.2, 0.25) is 0 Å². The van der Waals surface area contributed by atoms with Gasteiger partial charge in [-0.2, -0.15) is 5.10 Å². The van der Waals surface area contributed by atoms with Crippen molar-refractivity contribution in [2.24, 2.45) is 11.3 Å². The summed E-state index contributed by atoms with van der Waals surface area (Å²) in [6.07, 6.45) is 8.77. The average molecular weight is 507 g/mol. The zero-order chi connectivity index (χ0) is 25.8. The molecule has 0 amide bonds. The van der Waals surface area contributed by atoms with Crippen LogP contribution in [0.3, 0.4) is 0 Å². The number of rotatable bonds is 8. The van der Waals surface area contributed by atoms with Crippen molar-refractivity contribution in [1.29, 1.82) is 5.41 Å². The van der Waals surface area contributed by atoms with Crippen molar-refractivity contribution in [3.8, 4) is 0 Å². The first kappa shape index (κ1) is 24.8. The van der Waals surface area contributed by atoms with Crippen molar-refractivity contribution in [2.75, 3.05) is 43.6 Å². The molecule has 7 rings (SSSR count). The van der Waals surface area contributed by atoms with Crippen LogP contribution in [0.1, 0.15) is 73.9 Å². The lowest BCUT2D eigenvalue weighted by molar-refractivity contribution is -0.0448. The molecule has 37 heavy (non-hydrogen) atoms. The minimum atomic E-state index is 0.367. The number of nitrogens with one attached hydrogen (secondary N) is 3. The number of aryl methyl sites for hydroxylation is 2. The third-order valence-corrected chi connectivity index (χ3v) is 9.60. The molecule has 0 unspecified atom stereocenters. The largest absolute Gasteiger partial charge is 0.383 e. The van der Waals surface area contributed by atoms with E-state index in [2.05, 4.69) is 32.1 Å². The Morgan fingerprint density at radius 2 is 1.84 bits per heavy atom. The third-order valence-electron chi connectivity index (χ3n) is 9.60. The SMILES string of the molecule is CNc1c(C(C)=N)nc(C)nc1N1CCc2c(c(C)nn2CC23CCC(NCC4COC4)(CC2)CC3)C1. The number of nitrogens with zero attached hydrogens (tertiary/aromatic N) is 5. The minimum Gasteiger partial charge on any atom is -0.383 e. The molecule has 2 bridgehead atoms. The number of hydrogen-bond donors (Lipinski definition) is 3. The molecule has 3 aliphatic carbocycles. The number of ether oxygens (including phenoxy) is 1. The van der Waals surface area contributed by atoms with E-state index in [0.717, 1.165) is 68.9 Å². The van der Waals surface area contributed by atoms with Crippen LogP contribution in [-0.4, -0.2) is 64.4 Å². The van der Waals surface area contributed by atoms with Crippen molar-refractivity contribution in [3.63, 3.8) is 0 Å². The van der Waals surface area contributed by atoms with E-state index < -0.39 is 0 Å². The fraction of sp³-hybridized carbons (Fsp3) is 0.714. The van der Waals surface area contributed by atoms with Crippen molar-refractivity contribution in [2.45, 2.75) is 84.3 Å². The highest BCUT2D eigenvalue weighted by atomic mass is 16.5. The standard InChI is InChI=1S/C28H42N8O/c1-18(29)24-25(30-4)26(33-20(3)32-24)35-12-5-23-22(14-35)19(2)34-36(23)17-27-6-9-28(10-7-27,11-8-27)31-13-21-15-37-16-21/h21,29-31H,5-17H2,1-4H3. The average Bonchev–Trinajstić information content (AvgIpc) is 3.17. The van der Waals surface area contributed by atoms with Crippen LogP contribution in [0.4, 0.5) is 11.5 Å². The zero-order valence-electron chi connectivity index (χ0n) is 22.9. The van der Waals surface area contributed by atoms with E-state index in [1.54, 1.807) is 6.92 Å². The maximum absolute atomic E-state index is 8.20. The van der Waals surface area contributed by atoms with Crippen LogP contribution >= 0.6 is 0 Å². The zero-order valence-corrected chi connectivity index (χ0v) is 22.9. The van der Waals surface area contributed by atoms with Gasteiger partial charge >= 0.3 is 0 Å². The number of anilines is 2. The predicted molar refractivity (Wildman–Crippen MR) is 146 cm³/mol. The molecule has 9 heteroatoms. The molecule has 5 aliphatic rings. The Morgan fingerprint density at radius 1 is 1.11 bits per heavy atom. The second-order valence-electron chi connectivity index (χ2n) is 12.1. The molecule has 1 saturated heterocycles. The molecule has 3 N–H and O–H groups in total. The highest BCUT2D eigenvalue weighted by Crippen LogP contribution is 2.53. The summed E-state index contributed by atoms with van der Waals surface area (Å²) in [5, 5.41) is 20.5. The third kappa shape index (κ3) is 4.44. The van der Waals surface area contributed by atoms with E-state index in [1.807, 2.05) is 14.0 Å². The van der Waals surface area contributed by atoms with Gasteiger partial charge in [0.25, 0.3) is 0 Å². The molecule has 2 aromatic rings. The van der Waals surface area contributed by atoms with Gasteiger partial charge in [-0.15, -0.1) is 0 Å². The van der Waals surface area contributed by atoms with Gasteiger partial charge in [-0.25, -0.2) is 9.97 Å². The van der Waals surface area contributed by atoms with Crippen molar-refractivity contribution < 1.29 is 4.74 Å². The Kier molecular flexibility index (Phi) is 6.26. The quantitative estimate of drug-likeness (QED) is 0.470. The summed E-state index contributed by atoms with van der Waals surface area (Å²) in [6.45, 7) is 11.6. The molecular formula is C28H42N8O.